The fraction of sp³-hybridized carbons (Fsp3) is 0.286. The maximum atomic E-state index is 12.3. The average molecular weight is 406 g/mol. The van der Waals surface area contributed by atoms with Gasteiger partial charge in [0.15, 0.2) is 6.61 Å². The zero-order chi connectivity index (χ0) is 20.9. The summed E-state index contributed by atoms with van der Waals surface area (Å²) in [7, 11) is 1.34. The molecule has 2 aromatic carbocycles. The topological polar surface area (TPSA) is 63.4 Å². The number of carbonyl (C=O) groups excluding carboxylic acids is 1. The van der Waals surface area contributed by atoms with Crippen LogP contribution < -0.4 is 10.1 Å². The summed E-state index contributed by atoms with van der Waals surface area (Å²) in [6.45, 7) is -0.112. The van der Waals surface area contributed by atoms with Crippen LogP contribution in [0.1, 0.15) is 21.5 Å². The van der Waals surface area contributed by atoms with Gasteiger partial charge >= 0.3 is 12.1 Å². The number of carbonyl (C=O) groups is 1. The molecule has 0 fully saturated rings. The molecular weight excluding hydrogens is 385 g/mol. The molecular formula is C21H21F3N2O3. The zero-order valence-electron chi connectivity index (χ0n) is 15.8. The number of ether oxygens (including phenoxy) is 2. The number of benzene rings is 2. The summed E-state index contributed by atoms with van der Waals surface area (Å²) in [6, 6.07) is 12.0. The third-order valence-electron chi connectivity index (χ3n) is 4.39. The molecule has 0 saturated heterocycles. The number of halogens is 3. The number of aromatic nitrogens is 1. The Balaban J connectivity index is 1.52. The number of hydrogen-bond acceptors (Lipinski definition) is 4. The second kappa shape index (κ2) is 9.00. The lowest BCUT2D eigenvalue weighted by molar-refractivity contribution is -0.153. The van der Waals surface area contributed by atoms with Gasteiger partial charge in [-0.3, -0.25) is 0 Å². The minimum absolute atomic E-state index is 0.194. The molecule has 29 heavy (non-hydrogen) atoms. The second-order valence-electron chi connectivity index (χ2n) is 6.54. The van der Waals surface area contributed by atoms with Gasteiger partial charge in [-0.25, -0.2) is 4.79 Å². The van der Waals surface area contributed by atoms with E-state index in [1.165, 1.54) is 13.2 Å². The smallest absolute Gasteiger partial charge is 0.422 e. The molecule has 0 radical (unpaired) electrons. The Morgan fingerprint density at radius 3 is 2.76 bits per heavy atom. The highest BCUT2D eigenvalue weighted by Crippen LogP contribution is 2.21. The summed E-state index contributed by atoms with van der Waals surface area (Å²) in [5, 5.41) is 4.31. The summed E-state index contributed by atoms with van der Waals surface area (Å²) in [6.07, 6.45) is -1.70. The first kappa shape index (κ1) is 20.7. The first-order valence-corrected chi connectivity index (χ1v) is 9.03. The normalized spacial score (nSPS) is 11.6. The van der Waals surface area contributed by atoms with Gasteiger partial charge in [0, 0.05) is 23.6 Å². The number of esters is 1. The zero-order valence-corrected chi connectivity index (χ0v) is 15.8. The van der Waals surface area contributed by atoms with Crippen LogP contribution in [-0.2, 0) is 17.7 Å². The Bertz CT molecular complexity index is 983. The SMILES string of the molecule is COC(=O)c1ccc2c(CCNCc3cccc(OCC(F)(F)F)c3)c[nH]c2c1. The molecule has 0 bridgehead atoms. The minimum atomic E-state index is -4.36. The van der Waals surface area contributed by atoms with E-state index in [9.17, 15) is 18.0 Å². The highest BCUT2D eigenvalue weighted by atomic mass is 19.4. The molecule has 0 saturated carbocycles. The van der Waals surface area contributed by atoms with Gasteiger partial charge in [0.25, 0.3) is 0 Å². The van der Waals surface area contributed by atoms with Crippen LogP contribution >= 0.6 is 0 Å². The Morgan fingerprint density at radius 2 is 2.00 bits per heavy atom. The number of fused-ring (bicyclic) bond motifs is 1. The molecule has 1 aromatic heterocycles. The largest absolute Gasteiger partial charge is 0.484 e. The fourth-order valence-corrected chi connectivity index (χ4v) is 3.00. The van der Waals surface area contributed by atoms with Crippen molar-refractivity contribution in [3.05, 3.63) is 65.4 Å². The predicted molar refractivity (Wildman–Crippen MR) is 103 cm³/mol. The van der Waals surface area contributed by atoms with Crippen LogP contribution in [0.25, 0.3) is 10.9 Å². The molecule has 5 nitrogen and oxygen atoms in total. The van der Waals surface area contributed by atoms with Gasteiger partial charge in [-0.15, -0.1) is 0 Å². The van der Waals surface area contributed by atoms with Crippen molar-refractivity contribution in [2.45, 2.75) is 19.1 Å². The van der Waals surface area contributed by atoms with Gasteiger partial charge in [0.2, 0.25) is 0 Å². The van der Waals surface area contributed by atoms with Crippen molar-refractivity contribution < 1.29 is 27.4 Å². The van der Waals surface area contributed by atoms with E-state index in [0.717, 1.165) is 28.5 Å². The molecule has 0 aliphatic carbocycles. The number of alkyl halides is 3. The van der Waals surface area contributed by atoms with Crippen molar-refractivity contribution in [3.63, 3.8) is 0 Å². The Kier molecular flexibility index (Phi) is 6.43. The minimum Gasteiger partial charge on any atom is -0.484 e. The van der Waals surface area contributed by atoms with E-state index in [4.69, 9.17) is 9.47 Å². The monoisotopic (exact) mass is 406 g/mol. The number of methoxy groups -OCH3 is 1. The molecule has 0 amide bonds. The highest BCUT2D eigenvalue weighted by molar-refractivity contribution is 5.95. The van der Waals surface area contributed by atoms with Crippen molar-refractivity contribution in [1.82, 2.24) is 10.3 Å². The summed E-state index contributed by atoms with van der Waals surface area (Å²) in [5.41, 5.74) is 3.29. The third-order valence-corrected chi connectivity index (χ3v) is 4.39. The predicted octanol–water partition coefficient (Wildman–Crippen LogP) is 4.23. The van der Waals surface area contributed by atoms with Crippen LogP contribution in [0.3, 0.4) is 0 Å². The molecule has 1 heterocycles. The molecule has 8 heteroatoms. The first-order chi connectivity index (χ1) is 13.9. The van der Waals surface area contributed by atoms with Crippen LogP contribution in [0.4, 0.5) is 13.2 Å². The summed E-state index contributed by atoms with van der Waals surface area (Å²) >= 11 is 0. The molecule has 0 aliphatic rings. The summed E-state index contributed by atoms with van der Waals surface area (Å²) in [4.78, 5) is 14.8. The Hall–Kier alpha value is -3.00. The number of hydrogen-bond donors (Lipinski definition) is 2. The lowest BCUT2D eigenvalue weighted by atomic mass is 10.1. The Labute approximate surface area is 165 Å². The average Bonchev–Trinajstić information content (AvgIpc) is 3.11. The maximum Gasteiger partial charge on any atom is 0.422 e. The van der Waals surface area contributed by atoms with Gasteiger partial charge in [-0.2, -0.15) is 13.2 Å². The summed E-state index contributed by atoms with van der Waals surface area (Å²) in [5.74, 6) is -0.189. The lowest BCUT2D eigenvalue weighted by Crippen LogP contribution is -2.19. The van der Waals surface area contributed by atoms with Crippen molar-refractivity contribution in [2.24, 2.45) is 0 Å². The van der Waals surface area contributed by atoms with Crippen molar-refractivity contribution in [3.8, 4) is 5.75 Å². The highest BCUT2D eigenvalue weighted by Gasteiger charge is 2.28. The standard InChI is InChI=1S/C21H21F3N2O3/c1-28-20(27)15-5-6-18-16(12-26-19(18)10-15)7-8-25-11-14-3-2-4-17(9-14)29-13-21(22,23)24/h2-6,9-10,12,25-26H,7-8,11,13H2,1H3. The third kappa shape index (κ3) is 5.74. The van der Waals surface area contributed by atoms with E-state index < -0.39 is 12.8 Å². The van der Waals surface area contributed by atoms with E-state index in [1.807, 2.05) is 18.3 Å². The molecule has 0 aliphatic heterocycles. The first-order valence-electron chi connectivity index (χ1n) is 9.03. The van der Waals surface area contributed by atoms with Gasteiger partial charge in [-0.05, 0) is 48.4 Å². The molecule has 0 unspecified atom stereocenters. The van der Waals surface area contributed by atoms with Gasteiger partial charge in [-0.1, -0.05) is 18.2 Å². The van der Waals surface area contributed by atoms with Crippen molar-refractivity contribution in [2.75, 3.05) is 20.3 Å². The quantitative estimate of drug-likeness (QED) is 0.434. The van der Waals surface area contributed by atoms with Crippen molar-refractivity contribution >= 4 is 16.9 Å². The van der Waals surface area contributed by atoms with E-state index in [-0.39, 0.29) is 11.7 Å². The van der Waals surface area contributed by atoms with Gasteiger partial charge in [0.1, 0.15) is 5.75 Å². The van der Waals surface area contributed by atoms with E-state index >= 15 is 0 Å². The van der Waals surface area contributed by atoms with Crippen LogP contribution in [-0.4, -0.2) is 37.4 Å². The molecule has 154 valence electrons. The van der Waals surface area contributed by atoms with Gasteiger partial charge < -0.3 is 19.8 Å². The Morgan fingerprint density at radius 1 is 1.17 bits per heavy atom. The van der Waals surface area contributed by atoms with Crippen molar-refractivity contribution in [1.29, 1.82) is 0 Å². The lowest BCUT2D eigenvalue weighted by Gasteiger charge is -2.10. The molecule has 0 spiro atoms. The molecule has 3 aromatic rings. The van der Waals surface area contributed by atoms with E-state index in [2.05, 4.69) is 10.3 Å². The van der Waals surface area contributed by atoms with E-state index in [0.29, 0.717) is 18.7 Å². The maximum absolute atomic E-state index is 12.3. The number of H-pyrrole nitrogens is 1. The number of nitrogens with one attached hydrogen (secondary N) is 2. The number of rotatable bonds is 8. The van der Waals surface area contributed by atoms with Crippen LogP contribution in [0.5, 0.6) is 5.75 Å². The molecule has 3 rings (SSSR count). The number of aromatic amines is 1. The van der Waals surface area contributed by atoms with Crippen LogP contribution in [0.15, 0.2) is 48.7 Å². The molecule has 0 atom stereocenters. The van der Waals surface area contributed by atoms with Crippen LogP contribution in [0.2, 0.25) is 0 Å². The van der Waals surface area contributed by atoms with E-state index in [1.54, 1.807) is 24.3 Å². The van der Waals surface area contributed by atoms with Crippen LogP contribution in [0, 0.1) is 0 Å². The summed E-state index contributed by atoms with van der Waals surface area (Å²) < 4.78 is 46.3. The van der Waals surface area contributed by atoms with Gasteiger partial charge in [0.05, 0.1) is 12.7 Å². The second-order valence-corrected chi connectivity index (χ2v) is 6.54. The fourth-order valence-electron chi connectivity index (χ4n) is 3.00. The molecule has 2 N–H and O–H groups in total.